The highest BCUT2D eigenvalue weighted by molar-refractivity contribution is 14.0. The van der Waals surface area contributed by atoms with E-state index in [4.69, 9.17) is 18.9 Å². The second-order valence-corrected chi connectivity index (χ2v) is 7.60. The van der Waals surface area contributed by atoms with Gasteiger partial charge in [0.05, 0.1) is 46.7 Å². The van der Waals surface area contributed by atoms with Crippen molar-refractivity contribution in [2.45, 2.75) is 18.9 Å². The van der Waals surface area contributed by atoms with Crippen molar-refractivity contribution >= 4 is 29.9 Å². The van der Waals surface area contributed by atoms with E-state index in [0.29, 0.717) is 0 Å². The van der Waals surface area contributed by atoms with Crippen LogP contribution in [-0.4, -0.2) is 84.7 Å². The van der Waals surface area contributed by atoms with Crippen LogP contribution in [0.25, 0.3) is 0 Å². The maximum absolute atomic E-state index is 5.57. The third-order valence-corrected chi connectivity index (χ3v) is 5.76. The second-order valence-electron chi connectivity index (χ2n) is 7.60. The van der Waals surface area contributed by atoms with Crippen LogP contribution in [-0.2, 0) is 9.47 Å². The standard InChI is InChI=1S/C23H36N4O4.HI/c1-24-23(25-9-6-18-7-12-30-13-8-18)26-17-20(27-10-14-31-15-11-27)19-4-5-21(28-2)22(16-19)29-3;/h4-5,7,16,20H,6,8-15,17H2,1-3H3,(H2,24,25,26);1H. The smallest absolute Gasteiger partial charge is 0.191 e. The van der Waals surface area contributed by atoms with Crippen molar-refractivity contribution in [3.05, 3.63) is 35.4 Å². The molecule has 0 saturated carbocycles. The first-order valence-electron chi connectivity index (χ1n) is 11.0. The maximum atomic E-state index is 5.57. The fourth-order valence-electron chi connectivity index (χ4n) is 3.95. The van der Waals surface area contributed by atoms with Crippen LogP contribution in [0, 0.1) is 0 Å². The first-order chi connectivity index (χ1) is 15.2. The second kappa shape index (κ2) is 14.6. The first-order valence-corrected chi connectivity index (χ1v) is 11.0. The molecule has 2 heterocycles. The van der Waals surface area contributed by atoms with Gasteiger partial charge in [0.1, 0.15) is 0 Å². The Bertz CT molecular complexity index is 754. The number of nitrogens with zero attached hydrogens (tertiary/aromatic N) is 2. The van der Waals surface area contributed by atoms with Crippen LogP contribution in [0.1, 0.15) is 24.4 Å². The number of methoxy groups -OCH3 is 2. The SMILES string of the molecule is CN=C(NCCC1=CCOCC1)NCC(c1ccc(OC)c(OC)c1)N1CCOCC1.I. The highest BCUT2D eigenvalue weighted by Gasteiger charge is 2.24. The zero-order chi connectivity index (χ0) is 21.9. The van der Waals surface area contributed by atoms with E-state index in [1.165, 1.54) is 11.1 Å². The van der Waals surface area contributed by atoms with Crippen LogP contribution in [0.2, 0.25) is 0 Å². The zero-order valence-corrected chi connectivity index (χ0v) is 21.7. The molecule has 8 nitrogen and oxygen atoms in total. The van der Waals surface area contributed by atoms with Crippen molar-refractivity contribution in [2.75, 3.05) is 73.9 Å². The molecule has 2 N–H and O–H groups in total. The van der Waals surface area contributed by atoms with E-state index < -0.39 is 0 Å². The molecule has 0 spiro atoms. The summed E-state index contributed by atoms with van der Waals surface area (Å²) in [5.41, 5.74) is 2.63. The molecule has 0 aromatic heterocycles. The first kappa shape index (κ1) is 26.7. The van der Waals surface area contributed by atoms with Gasteiger partial charge in [-0.15, -0.1) is 24.0 Å². The fourth-order valence-corrected chi connectivity index (χ4v) is 3.95. The van der Waals surface area contributed by atoms with E-state index in [1.807, 2.05) is 13.1 Å². The van der Waals surface area contributed by atoms with Gasteiger partial charge < -0.3 is 29.6 Å². The van der Waals surface area contributed by atoms with Crippen LogP contribution < -0.4 is 20.1 Å². The van der Waals surface area contributed by atoms with Crippen molar-refractivity contribution in [1.82, 2.24) is 15.5 Å². The van der Waals surface area contributed by atoms with Crippen LogP contribution in [0.3, 0.4) is 0 Å². The highest BCUT2D eigenvalue weighted by atomic mass is 127. The Labute approximate surface area is 208 Å². The Morgan fingerprint density at radius 3 is 2.53 bits per heavy atom. The Morgan fingerprint density at radius 1 is 1.09 bits per heavy atom. The van der Waals surface area contributed by atoms with Crippen molar-refractivity contribution in [3.8, 4) is 11.5 Å². The van der Waals surface area contributed by atoms with Gasteiger partial charge in [-0.2, -0.15) is 0 Å². The molecule has 1 atom stereocenters. The summed E-state index contributed by atoms with van der Waals surface area (Å²) in [5, 5.41) is 6.95. The average molecular weight is 560 g/mol. The molecule has 1 saturated heterocycles. The van der Waals surface area contributed by atoms with Gasteiger partial charge in [0.15, 0.2) is 17.5 Å². The van der Waals surface area contributed by atoms with E-state index in [0.717, 1.165) is 82.9 Å². The van der Waals surface area contributed by atoms with Gasteiger partial charge in [-0.05, 0) is 30.5 Å². The van der Waals surface area contributed by atoms with E-state index in [2.05, 4.69) is 38.7 Å². The number of hydrogen-bond donors (Lipinski definition) is 2. The predicted octanol–water partition coefficient (Wildman–Crippen LogP) is 2.60. The van der Waals surface area contributed by atoms with Crippen LogP contribution >= 0.6 is 24.0 Å². The molecule has 2 aliphatic rings. The molecule has 0 aliphatic carbocycles. The predicted molar refractivity (Wildman–Crippen MR) is 138 cm³/mol. The lowest BCUT2D eigenvalue weighted by molar-refractivity contribution is 0.0169. The molecule has 0 radical (unpaired) electrons. The number of hydrogen-bond acceptors (Lipinski definition) is 6. The minimum Gasteiger partial charge on any atom is -0.493 e. The van der Waals surface area contributed by atoms with Gasteiger partial charge >= 0.3 is 0 Å². The van der Waals surface area contributed by atoms with Crippen LogP contribution in [0.15, 0.2) is 34.8 Å². The van der Waals surface area contributed by atoms with Crippen LogP contribution in [0.5, 0.6) is 11.5 Å². The zero-order valence-electron chi connectivity index (χ0n) is 19.4. The third-order valence-electron chi connectivity index (χ3n) is 5.76. The number of benzene rings is 1. The molecule has 3 rings (SSSR count). The molecule has 180 valence electrons. The third kappa shape index (κ3) is 7.79. The quantitative estimate of drug-likeness (QED) is 0.208. The lowest BCUT2D eigenvalue weighted by Crippen LogP contribution is -2.46. The Hall–Kier alpha value is -1.56. The molecular formula is C23H37IN4O4. The average Bonchev–Trinajstić information content (AvgIpc) is 2.84. The Kier molecular flexibility index (Phi) is 12.1. The number of ether oxygens (including phenoxy) is 4. The summed E-state index contributed by atoms with van der Waals surface area (Å²) in [6.45, 7) is 6.41. The van der Waals surface area contributed by atoms with Gasteiger partial charge in [-0.1, -0.05) is 17.7 Å². The summed E-state index contributed by atoms with van der Waals surface area (Å²) < 4.78 is 21.9. The van der Waals surface area contributed by atoms with Gasteiger partial charge in [0.25, 0.3) is 0 Å². The number of rotatable bonds is 9. The molecule has 1 fully saturated rings. The molecule has 2 aliphatic heterocycles. The normalized spacial score (nSPS) is 18.2. The summed E-state index contributed by atoms with van der Waals surface area (Å²) in [6.07, 6.45) is 4.21. The summed E-state index contributed by atoms with van der Waals surface area (Å²) >= 11 is 0. The minimum absolute atomic E-state index is 0. The molecule has 0 amide bonds. The van der Waals surface area contributed by atoms with Crippen molar-refractivity contribution in [3.63, 3.8) is 0 Å². The number of morpholine rings is 1. The number of guanidine groups is 1. The van der Waals surface area contributed by atoms with E-state index in [-0.39, 0.29) is 30.0 Å². The summed E-state index contributed by atoms with van der Waals surface area (Å²) in [4.78, 5) is 6.85. The Morgan fingerprint density at radius 2 is 1.88 bits per heavy atom. The molecule has 9 heteroatoms. The van der Waals surface area contributed by atoms with Gasteiger partial charge in [-0.25, -0.2) is 0 Å². The van der Waals surface area contributed by atoms with E-state index in [9.17, 15) is 0 Å². The molecule has 1 aromatic rings. The monoisotopic (exact) mass is 560 g/mol. The molecule has 0 bridgehead atoms. The van der Waals surface area contributed by atoms with Gasteiger partial charge in [0.2, 0.25) is 0 Å². The lowest BCUT2D eigenvalue weighted by atomic mass is 10.0. The fraction of sp³-hybridized carbons (Fsp3) is 0.609. The maximum Gasteiger partial charge on any atom is 0.191 e. The van der Waals surface area contributed by atoms with Crippen molar-refractivity contribution in [2.24, 2.45) is 4.99 Å². The number of nitrogens with one attached hydrogen (secondary N) is 2. The highest BCUT2D eigenvalue weighted by Crippen LogP contribution is 2.32. The Balaban J connectivity index is 0.00000363. The summed E-state index contributed by atoms with van der Waals surface area (Å²) in [6, 6.07) is 6.31. The minimum atomic E-state index is 0. The van der Waals surface area contributed by atoms with Gasteiger partial charge in [-0.3, -0.25) is 9.89 Å². The molecule has 1 unspecified atom stereocenters. The molecule has 32 heavy (non-hydrogen) atoms. The van der Waals surface area contributed by atoms with Crippen molar-refractivity contribution < 1.29 is 18.9 Å². The molecular weight excluding hydrogens is 523 g/mol. The topological polar surface area (TPSA) is 76.6 Å². The van der Waals surface area contributed by atoms with E-state index >= 15 is 0 Å². The number of halogens is 1. The lowest BCUT2D eigenvalue weighted by Gasteiger charge is -2.35. The summed E-state index contributed by atoms with van der Waals surface area (Å²) in [7, 11) is 5.14. The largest absolute Gasteiger partial charge is 0.493 e. The van der Waals surface area contributed by atoms with Gasteiger partial charge in [0, 0.05) is 33.2 Å². The van der Waals surface area contributed by atoms with Crippen molar-refractivity contribution in [1.29, 1.82) is 0 Å². The molecule has 1 aromatic carbocycles. The summed E-state index contributed by atoms with van der Waals surface area (Å²) in [5.74, 6) is 2.29. The van der Waals surface area contributed by atoms with E-state index in [1.54, 1.807) is 14.2 Å². The number of aliphatic imine (C=N–C) groups is 1. The van der Waals surface area contributed by atoms with Crippen LogP contribution in [0.4, 0.5) is 0 Å².